The normalized spacial score (nSPS) is 11.3. The molecule has 3 aromatic rings. The number of carbonyl (C=O) groups is 1. The first-order valence-electron chi connectivity index (χ1n) is 7.75. The van der Waals surface area contributed by atoms with Crippen LogP contribution in [0.5, 0.6) is 0 Å². The number of benzene rings is 2. The van der Waals surface area contributed by atoms with Gasteiger partial charge in [0.05, 0.1) is 10.5 Å². The molecule has 0 radical (unpaired) electrons. The maximum Gasteiger partial charge on any atom is 0.335 e. The Kier molecular flexibility index (Phi) is 5.19. The highest BCUT2D eigenvalue weighted by Crippen LogP contribution is 2.27. The van der Waals surface area contributed by atoms with Crippen molar-refractivity contribution < 1.29 is 18.3 Å². The zero-order valence-electron chi connectivity index (χ0n) is 14.4. The number of carboxylic acid groups (broad SMARTS) is 1. The molecule has 1 heterocycles. The van der Waals surface area contributed by atoms with E-state index in [1.165, 1.54) is 23.9 Å². The van der Waals surface area contributed by atoms with Gasteiger partial charge in [0.15, 0.2) is 5.16 Å². The molecule has 0 fully saturated rings. The first kappa shape index (κ1) is 18.9. The van der Waals surface area contributed by atoms with Crippen molar-refractivity contribution >= 4 is 33.4 Å². The summed E-state index contributed by atoms with van der Waals surface area (Å²) in [7, 11) is -2.08. The maximum atomic E-state index is 12.7. The third-order valence-electron chi connectivity index (χ3n) is 3.71. The highest BCUT2D eigenvalue weighted by Gasteiger charge is 2.19. The van der Waals surface area contributed by atoms with Gasteiger partial charge in [-0.15, -0.1) is 10.2 Å². The van der Waals surface area contributed by atoms with Gasteiger partial charge in [-0.05, 0) is 60.6 Å². The van der Waals surface area contributed by atoms with E-state index in [2.05, 4.69) is 14.9 Å². The summed E-state index contributed by atoms with van der Waals surface area (Å²) in [5.74, 6) is -1.18. The van der Waals surface area contributed by atoms with Crippen LogP contribution in [0.1, 0.15) is 15.9 Å². The molecule has 0 spiro atoms. The quantitative estimate of drug-likeness (QED) is 0.649. The fourth-order valence-corrected chi connectivity index (χ4v) is 4.39. The number of nitrogens with zero attached hydrogens (tertiary/aromatic N) is 3. The molecule has 0 aliphatic rings. The topological polar surface area (TPSA) is 114 Å². The zero-order chi connectivity index (χ0) is 19.6. The number of aryl methyl sites for hydroxylation is 2. The number of nitrogens with one attached hydrogen (secondary N) is 1. The average Bonchev–Trinajstić information content (AvgIpc) is 3.01. The molecule has 2 aromatic carbocycles. The largest absolute Gasteiger partial charge is 0.478 e. The van der Waals surface area contributed by atoms with Crippen LogP contribution in [0.4, 0.5) is 5.69 Å². The maximum absolute atomic E-state index is 12.7. The summed E-state index contributed by atoms with van der Waals surface area (Å²) in [6, 6.07) is 10.8. The van der Waals surface area contributed by atoms with Crippen LogP contribution in [-0.2, 0) is 17.1 Å². The summed E-state index contributed by atoms with van der Waals surface area (Å²) >= 11 is 1.40. The van der Waals surface area contributed by atoms with Crippen molar-refractivity contribution in [2.75, 3.05) is 4.72 Å². The number of sulfonamides is 1. The van der Waals surface area contributed by atoms with Crippen LogP contribution in [0.25, 0.3) is 0 Å². The summed E-state index contributed by atoms with van der Waals surface area (Å²) < 4.78 is 29.6. The molecule has 2 N–H and O–H groups in total. The number of carboxylic acids is 1. The Labute approximate surface area is 160 Å². The van der Waals surface area contributed by atoms with Gasteiger partial charge < -0.3 is 9.67 Å². The molecule has 10 heteroatoms. The smallest absolute Gasteiger partial charge is 0.335 e. The summed E-state index contributed by atoms with van der Waals surface area (Å²) in [5, 5.41) is 17.6. The number of aromatic nitrogens is 3. The minimum absolute atomic E-state index is 0.0695. The highest BCUT2D eigenvalue weighted by molar-refractivity contribution is 7.99. The molecule has 1 aromatic heterocycles. The van der Waals surface area contributed by atoms with Crippen LogP contribution in [0.15, 0.2) is 63.7 Å². The minimum Gasteiger partial charge on any atom is -0.478 e. The van der Waals surface area contributed by atoms with Crippen LogP contribution in [0.3, 0.4) is 0 Å². The van der Waals surface area contributed by atoms with Crippen LogP contribution in [0.2, 0.25) is 0 Å². The fourth-order valence-electron chi connectivity index (χ4n) is 2.29. The molecule has 8 nitrogen and oxygen atoms in total. The van der Waals surface area contributed by atoms with Crippen molar-refractivity contribution in [3.63, 3.8) is 0 Å². The average molecular weight is 404 g/mol. The van der Waals surface area contributed by atoms with Crippen molar-refractivity contribution in [2.24, 2.45) is 7.05 Å². The van der Waals surface area contributed by atoms with Crippen molar-refractivity contribution in [3.8, 4) is 0 Å². The van der Waals surface area contributed by atoms with E-state index in [1.54, 1.807) is 42.1 Å². The zero-order valence-corrected chi connectivity index (χ0v) is 16.1. The molecular weight excluding hydrogens is 388 g/mol. The van der Waals surface area contributed by atoms with Crippen molar-refractivity contribution in [3.05, 3.63) is 59.9 Å². The van der Waals surface area contributed by atoms with Gasteiger partial charge in [-0.1, -0.05) is 6.07 Å². The van der Waals surface area contributed by atoms with Crippen LogP contribution in [-0.4, -0.2) is 34.3 Å². The van der Waals surface area contributed by atoms with Crippen molar-refractivity contribution in [1.82, 2.24) is 14.8 Å². The Morgan fingerprint density at radius 2 is 1.89 bits per heavy atom. The van der Waals surface area contributed by atoms with Gasteiger partial charge in [-0.25, -0.2) is 13.2 Å². The predicted octanol–water partition coefficient (Wildman–Crippen LogP) is 2.77. The van der Waals surface area contributed by atoms with Crippen LogP contribution in [0, 0.1) is 6.92 Å². The molecule has 0 amide bonds. The monoisotopic (exact) mass is 404 g/mol. The molecule has 0 aliphatic heterocycles. The van der Waals surface area contributed by atoms with Gasteiger partial charge in [0.2, 0.25) is 0 Å². The molecule has 140 valence electrons. The van der Waals surface area contributed by atoms with E-state index in [9.17, 15) is 13.2 Å². The number of aromatic carboxylic acids is 1. The van der Waals surface area contributed by atoms with Crippen molar-refractivity contribution in [1.29, 1.82) is 0 Å². The lowest BCUT2D eigenvalue weighted by Gasteiger charge is -2.11. The van der Waals surface area contributed by atoms with Crippen LogP contribution < -0.4 is 4.72 Å². The van der Waals surface area contributed by atoms with E-state index in [1.807, 2.05) is 7.05 Å². The third-order valence-corrected chi connectivity index (χ3v) is 6.29. The molecule has 3 rings (SSSR count). The SMILES string of the molecule is Cc1ccc(C(=O)O)cc1S(=O)(=O)Nc1ccc(Sc2nncn2C)cc1. The lowest BCUT2D eigenvalue weighted by molar-refractivity contribution is 0.0696. The standard InChI is InChI=1S/C17H16N4O4S2/c1-11-3-4-12(16(22)23)9-15(11)27(24,25)20-13-5-7-14(8-6-13)26-17-19-18-10-21(17)2/h3-10,20H,1-2H3,(H,22,23). The van der Waals surface area contributed by atoms with E-state index >= 15 is 0 Å². The first-order valence-corrected chi connectivity index (χ1v) is 10.0. The van der Waals surface area contributed by atoms with Crippen LogP contribution >= 0.6 is 11.8 Å². The van der Waals surface area contributed by atoms with Gasteiger partial charge in [0.1, 0.15) is 6.33 Å². The summed E-state index contributed by atoms with van der Waals surface area (Å²) in [5.41, 5.74) is 0.746. The molecule has 0 saturated heterocycles. The third kappa shape index (κ3) is 4.29. The summed E-state index contributed by atoms with van der Waals surface area (Å²) in [6.07, 6.45) is 1.60. The second-order valence-corrected chi connectivity index (χ2v) is 8.43. The summed E-state index contributed by atoms with van der Waals surface area (Å²) in [4.78, 5) is 11.9. The number of hydrogen-bond donors (Lipinski definition) is 2. The lowest BCUT2D eigenvalue weighted by Crippen LogP contribution is -2.15. The molecule has 27 heavy (non-hydrogen) atoms. The fraction of sp³-hybridized carbons (Fsp3) is 0.118. The predicted molar refractivity (Wildman–Crippen MR) is 101 cm³/mol. The van der Waals surface area contributed by atoms with E-state index in [0.29, 0.717) is 16.4 Å². The van der Waals surface area contributed by atoms with E-state index in [0.717, 1.165) is 11.0 Å². The Morgan fingerprint density at radius 3 is 2.48 bits per heavy atom. The van der Waals surface area contributed by atoms with E-state index in [-0.39, 0.29) is 10.5 Å². The van der Waals surface area contributed by atoms with Crippen molar-refractivity contribution in [2.45, 2.75) is 21.9 Å². The Bertz CT molecular complexity index is 1090. The van der Waals surface area contributed by atoms with E-state index < -0.39 is 16.0 Å². The molecular formula is C17H16N4O4S2. The minimum atomic E-state index is -3.92. The Balaban J connectivity index is 1.81. The molecule has 0 bridgehead atoms. The van der Waals surface area contributed by atoms with Gasteiger partial charge in [-0.3, -0.25) is 4.72 Å². The van der Waals surface area contributed by atoms with E-state index in [4.69, 9.17) is 5.11 Å². The van der Waals surface area contributed by atoms with Gasteiger partial charge >= 0.3 is 5.97 Å². The second-order valence-electron chi connectivity index (χ2n) is 5.74. The van der Waals surface area contributed by atoms with Gasteiger partial charge in [0.25, 0.3) is 10.0 Å². The molecule has 0 saturated carbocycles. The summed E-state index contributed by atoms with van der Waals surface area (Å²) in [6.45, 7) is 1.61. The lowest BCUT2D eigenvalue weighted by atomic mass is 10.1. The molecule has 0 aliphatic carbocycles. The number of hydrogen-bond acceptors (Lipinski definition) is 6. The number of rotatable bonds is 6. The number of anilines is 1. The second kappa shape index (κ2) is 7.41. The molecule has 0 atom stereocenters. The first-order chi connectivity index (χ1) is 12.8. The molecule has 0 unspecified atom stereocenters. The van der Waals surface area contributed by atoms with Gasteiger partial charge in [0, 0.05) is 17.6 Å². The Morgan fingerprint density at radius 1 is 1.19 bits per heavy atom. The Hall–Kier alpha value is -2.85. The highest BCUT2D eigenvalue weighted by atomic mass is 32.2. The van der Waals surface area contributed by atoms with Gasteiger partial charge in [-0.2, -0.15) is 0 Å².